The quantitative estimate of drug-likeness (QED) is 0.768. The van der Waals surface area contributed by atoms with E-state index in [0.29, 0.717) is 13.2 Å². The summed E-state index contributed by atoms with van der Waals surface area (Å²) in [7, 11) is 0. The number of hydrogen-bond donors (Lipinski definition) is 1. The van der Waals surface area contributed by atoms with E-state index in [9.17, 15) is 4.79 Å². The topological polar surface area (TPSA) is 59.4 Å². The second kappa shape index (κ2) is 8.12. The van der Waals surface area contributed by atoms with Crippen LogP contribution in [0.2, 0.25) is 0 Å². The van der Waals surface area contributed by atoms with Crippen LogP contribution in [0.25, 0.3) is 0 Å². The van der Waals surface area contributed by atoms with Crippen molar-refractivity contribution in [2.45, 2.75) is 52.1 Å². The molecule has 24 heavy (non-hydrogen) atoms. The van der Waals surface area contributed by atoms with Gasteiger partial charge in [-0.25, -0.2) is 0 Å². The van der Waals surface area contributed by atoms with E-state index < -0.39 is 0 Å². The molecule has 0 spiro atoms. The zero-order chi connectivity index (χ0) is 16.9. The maximum Gasteiger partial charge on any atom is 0.239 e. The summed E-state index contributed by atoms with van der Waals surface area (Å²) in [5.74, 6) is 0.895. The normalized spacial score (nSPS) is 22.3. The van der Waals surface area contributed by atoms with E-state index >= 15 is 0 Å². The van der Waals surface area contributed by atoms with Crippen molar-refractivity contribution in [3.8, 4) is 0 Å². The van der Waals surface area contributed by atoms with Crippen molar-refractivity contribution in [3.05, 3.63) is 17.5 Å². The molecule has 1 aliphatic carbocycles. The third-order valence-corrected chi connectivity index (χ3v) is 5.21. The Labute approximate surface area is 144 Å². The van der Waals surface area contributed by atoms with Crippen LogP contribution in [-0.4, -0.2) is 59.5 Å². The summed E-state index contributed by atoms with van der Waals surface area (Å²) in [6.07, 6.45) is 4.87. The highest BCUT2D eigenvalue weighted by Gasteiger charge is 2.32. The SMILES string of the molecule is Cc1cc(C)n(CCCNC(=O)[C@@H]2COCCN2CC2CCC2)n1. The van der Waals surface area contributed by atoms with Crippen molar-refractivity contribution in [1.82, 2.24) is 20.0 Å². The fourth-order valence-corrected chi connectivity index (χ4v) is 3.56. The standard InChI is InChI=1S/C18H30N4O2/c1-14-11-15(2)22(20-14)8-4-7-19-18(23)17-13-24-10-9-21(17)12-16-5-3-6-16/h11,16-17H,3-10,12-13H2,1-2H3,(H,19,23)/t17-/m0/s1. The van der Waals surface area contributed by atoms with Gasteiger partial charge in [0.1, 0.15) is 6.04 Å². The van der Waals surface area contributed by atoms with Crippen LogP contribution >= 0.6 is 0 Å². The number of carbonyl (C=O) groups excluding carboxylic acids is 1. The number of carbonyl (C=O) groups is 1. The molecule has 2 heterocycles. The first-order valence-electron chi connectivity index (χ1n) is 9.24. The van der Waals surface area contributed by atoms with Gasteiger partial charge in [-0.15, -0.1) is 0 Å². The Morgan fingerprint density at radius 3 is 2.92 bits per heavy atom. The molecule has 2 aliphatic rings. The number of aryl methyl sites for hydroxylation is 3. The van der Waals surface area contributed by atoms with Gasteiger partial charge < -0.3 is 10.1 Å². The Balaban J connectivity index is 1.41. The minimum atomic E-state index is -0.118. The third-order valence-electron chi connectivity index (χ3n) is 5.21. The van der Waals surface area contributed by atoms with Crippen LogP contribution < -0.4 is 5.32 Å². The molecule has 1 aliphatic heterocycles. The van der Waals surface area contributed by atoms with E-state index in [1.165, 1.54) is 25.0 Å². The van der Waals surface area contributed by atoms with Gasteiger partial charge >= 0.3 is 0 Å². The lowest BCUT2D eigenvalue weighted by Gasteiger charge is -2.39. The molecule has 1 saturated heterocycles. The maximum absolute atomic E-state index is 12.5. The van der Waals surface area contributed by atoms with Crippen LogP contribution in [0.5, 0.6) is 0 Å². The van der Waals surface area contributed by atoms with Crippen molar-refractivity contribution >= 4 is 5.91 Å². The highest BCUT2D eigenvalue weighted by Crippen LogP contribution is 2.28. The molecular formula is C18H30N4O2. The highest BCUT2D eigenvalue weighted by molar-refractivity contribution is 5.82. The summed E-state index contributed by atoms with van der Waals surface area (Å²) in [4.78, 5) is 14.8. The van der Waals surface area contributed by atoms with Gasteiger partial charge in [-0.2, -0.15) is 5.10 Å². The van der Waals surface area contributed by atoms with Gasteiger partial charge in [0.15, 0.2) is 0 Å². The van der Waals surface area contributed by atoms with Gasteiger partial charge in [-0.05, 0) is 45.1 Å². The van der Waals surface area contributed by atoms with Crippen molar-refractivity contribution < 1.29 is 9.53 Å². The van der Waals surface area contributed by atoms with Crippen LogP contribution in [0.15, 0.2) is 6.07 Å². The fourth-order valence-electron chi connectivity index (χ4n) is 3.56. The number of nitrogens with zero attached hydrogens (tertiary/aromatic N) is 3. The average molecular weight is 334 g/mol. The summed E-state index contributed by atoms with van der Waals surface area (Å²) >= 11 is 0. The van der Waals surface area contributed by atoms with Crippen molar-refractivity contribution in [3.63, 3.8) is 0 Å². The maximum atomic E-state index is 12.5. The van der Waals surface area contributed by atoms with Crippen molar-refractivity contribution in [2.75, 3.05) is 32.8 Å². The fraction of sp³-hybridized carbons (Fsp3) is 0.778. The lowest BCUT2D eigenvalue weighted by molar-refractivity contribution is -0.133. The van der Waals surface area contributed by atoms with Crippen molar-refractivity contribution in [1.29, 1.82) is 0 Å². The van der Waals surface area contributed by atoms with E-state index in [1.54, 1.807) is 0 Å². The van der Waals surface area contributed by atoms with Gasteiger partial charge in [0.25, 0.3) is 0 Å². The zero-order valence-corrected chi connectivity index (χ0v) is 15.0. The Hall–Kier alpha value is -1.40. The van der Waals surface area contributed by atoms with Gasteiger partial charge in [-0.3, -0.25) is 14.4 Å². The monoisotopic (exact) mass is 334 g/mol. The van der Waals surface area contributed by atoms with Crippen LogP contribution in [0, 0.1) is 19.8 Å². The minimum Gasteiger partial charge on any atom is -0.378 e. The summed E-state index contributed by atoms with van der Waals surface area (Å²) in [6.45, 7) is 8.79. The largest absolute Gasteiger partial charge is 0.378 e. The molecule has 6 heteroatoms. The molecule has 1 saturated carbocycles. The Morgan fingerprint density at radius 1 is 1.42 bits per heavy atom. The van der Waals surface area contributed by atoms with Crippen molar-refractivity contribution in [2.24, 2.45) is 5.92 Å². The first-order valence-corrected chi connectivity index (χ1v) is 9.24. The number of hydrogen-bond acceptors (Lipinski definition) is 4. The second-order valence-electron chi connectivity index (χ2n) is 7.18. The lowest BCUT2D eigenvalue weighted by Crippen LogP contribution is -2.55. The zero-order valence-electron chi connectivity index (χ0n) is 15.0. The molecule has 0 bridgehead atoms. The van der Waals surface area contributed by atoms with Gasteiger partial charge in [-0.1, -0.05) is 6.42 Å². The van der Waals surface area contributed by atoms with E-state index in [-0.39, 0.29) is 11.9 Å². The molecule has 1 aromatic rings. The summed E-state index contributed by atoms with van der Waals surface area (Å²) in [5.41, 5.74) is 2.22. The van der Waals surface area contributed by atoms with Crippen LogP contribution in [0.1, 0.15) is 37.1 Å². The molecule has 6 nitrogen and oxygen atoms in total. The first-order chi connectivity index (χ1) is 11.6. The number of nitrogens with one attached hydrogen (secondary N) is 1. The molecule has 1 N–H and O–H groups in total. The Bertz CT molecular complexity index is 553. The number of ether oxygens (including phenoxy) is 1. The molecule has 1 aromatic heterocycles. The smallest absolute Gasteiger partial charge is 0.239 e. The first kappa shape index (κ1) is 17.4. The molecule has 0 aromatic carbocycles. The Kier molecular flexibility index (Phi) is 5.89. The molecule has 3 rings (SSSR count). The van der Waals surface area contributed by atoms with E-state index in [1.807, 2.05) is 11.6 Å². The van der Waals surface area contributed by atoms with Gasteiger partial charge in [0.2, 0.25) is 5.91 Å². The lowest BCUT2D eigenvalue weighted by atomic mass is 9.84. The van der Waals surface area contributed by atoms with Crippen LogP contribution in [0.3, 0.4) is 0 Å². The van der Waals surface area contributed by atoms with Gasteiger partial charge in [0.05, 0.1) is 18.9 Å². The second-order valence-corrected chi connectivity index (χ2v) is 7.18. The number of amides is 1. The third kappa shape index (κ3) is 4.36. The highest BCUT2D eigenvalue weighted by atomic mass is 16.5. The number of aromatic nitrogens is 2. The average Bonchev–Trinajstić information content (AvgIpc) is 2.85. The Morgan fingerprint density at radius 2 is 2.25 bits per heavy atom. The summed E-state index contributed by atoms with van der Waals surface area (Å²) < 4.78 is 7.55. The predicted molar refractivity (Wildman–Crippen MR) is 92.8 cm³/mol. The van der Waals surface area contributed by atoms with Gasteiger partial charge in [0, 0.05) is 31.9 Å². The van der Waals surface area contributed by atoms with Crippen LogP contribution in [0.4, 0.5) is 0 Å². The van der Waals surface area contributed by atoms with E-state index in [4.69, 9.17) is 4.74 Å². The summed E-state index contributed by atoms with van der Waals surface area (Å²) in [5, 5.41) is 7.54. The molecule has 2 fully saturated rings. The van der Waals surface area contributed by atoms with E-state index in [2.05, 4.69) is 28.3 Å². The van der Waals surface area contributed by atoms with Crippen LogP contribution in [-0.2, 0) is 16.1 Å². The molecule has 134 valence electrons. The van der Waals surface area contributed by atoms with E-state index in [0.717, 1.165) is 44.3 Å². The molecule has 0 radical (unpaired) electrons. The molecule has 1 atom stereocenters. The summed E-state index contributed by atoms with van der Waals surface area (Å²) in [6, 6.07) is 1.96. The minimum absolute atomic E-state index is 0.113. The number of rotatable bonds is 7. The number of morpholine rings is 1. The predicted octanol–water partition coefficient (Wildman–Crippen LogP) is 1.51. The molecule has 1 amide bonds. The molecular weight excluding hydrogens is 304 g/mol. The molecule has 0 unspecified atom stereocenters.